The van der Waals surface area contributed by atoms with Gasteiger partial charge in [-0.1, -0.05) is 12.1 Å². The standard InChI is InChI=1S/C16H20N2O4S/c17-9-13-3-1-2-4-16(13)23(19,20)18-14-11-21-8-7-15(14)22-10-12-5-6-12/h1-4,12,14-15,18H,5-8,10-11H2/t14-,15+/m1/s1. The second-order valence-electron chi connectivity index (χ2n) is 6.01. The smallest absolute Gasteiger partial charge is 0.242 e. The number of nitrogens with zero attached hydrogens (tertiary/aromatic N) is 1. The Morgan fingerprint density at radius 1 is 1.30 bits per heavy atom. The zero-order valence-corrected chi connectivity index (χ0v) is 13.6. The molecule has 1 saturated carbocycles. The number of ether oxygens (including phenoxy) is 2. The van der Waals surface area contributed by atoms with Gasteiger partial charge in [-0.25, -0.2) is 13.1 Å². The summed E-state index contributed by atoms with van der Waals surface area (Å²) in [4.78, 5) is -0.00554. The number of sulfonamides is 1. The number of benzene rings is 1. The topological polar surface area (TPSA) is 88.4 Å². The predicted molar refractivity (Wildman–Crippen MR) is 83.2 cm³/mol. The Kier molecular flexibility index (Phi) is 4.97. The van der Waals surface area contributed by atoms with Crippen LogP contribution in [0.15, 0.2) is 29.2 Å². The summed E-state index contributed by atoms with van der Waals surface area (Å²) in [5.74, 6) is 0.620. The van der Waals surface area contributed by atoms with E-state index in [2.05, 4.69) is 4.72 Å². The van der Waals surface area contributed by atoms with Crippen molar-refractivity contribution in [2.24, 2.45) is 5.92 Å². The van der Waals surface area contributed by atoms with Gasteiger partial charge in [-0.05, 0) is 37.3 Å². The summed E-state index contributed by atoms with van der Waals surface area (Å²) in [6, 6.07) is 7.66. The van der Waals surface area contributed by atoms with Gasteiger partial charge < -0.3 is 9.47 Å². The lowest BCUT2D eigenvalue weighted by Gasteiger charge is -2.32. The number of hydrogen-bond donors (Lipinski definition) is 1. The van der Waals surface area contributed by atoms with E-state index in [0.717, 1.165) is 0 Å². The van der Waals surface area contributed by atoms with Crippen molar-refractivity contribution in [2.45, 2.75) is 36.3 Å². The molecule has 1 aromatic carbocycles. The maximum absolute atomic E-state index is 12.6. The molecule has 2 atom stereocenters. The molecular weight excluding hydrogens is 316 g/mol. The van der Waals surface area contributed by atoms with E-state index in [1.54, 1.807) is 12.1 Å². The van der Waals surface area contributed by atoms with Crippen LogP contribution in [-0.2, 0) is 19.5 Å². The first-order valence-electron chi connectivity index (χ1n) is 7.81. The van der Waals surface area contributed by atoms with Crippen molar-refractivity contribution in [3.8, 4) is 6.07 Å². The summed E-state index contributed by atoms with van der Waals surface area (Å²) in [6.45, 7) is 1.53. The van der Waals surface area contributed by atoms with Gasteiger partial charge in [0.1, 0.15) is 6.07 Å². The molecule has 0 amide bonds. The van der Waals surface area contributed by atoms with Crippen LogP contribution in [0.4, 0.5) is 0 Å². The minimum Gasteiger partial charge on any atom is -0.380 e. The number of nitrogens with one attached hydrogen (secondary N) is 1. The third kappa shape index (κ3) is 4.09. The van der Waals surface area contributed by atoms with E-state index in [0.29, 0.717) is 25.6 Å². The molecule has 7 heteroatoms. The molecule has 1 aromatic rings. The average molecular weight is 336 g/mol. The van der Waals surface area contributed by atoms with Crippen LogP contribution in [0.25, 0.3) is 0 Å². The third-order valence-electron chi connectivity index (χ3n) is 4.14. The second kappa shape index (κ2) is 6.97. The van der Waals surface area contributed by atoms with Crippen LogP contribution >= 0.6 is 0 Å². The van der Waals surface area contributed by atoms with Crippen LogP contribution in [0, 0.1) is 17.2 Å². The van der Waals surface area contributed by atoms with Crippen molar-refractivity contribution in [3.05, 3.63) is 29.8 Å². The van der Waals surface area contributed by atoms with Crippen molar-refractivity contribution in [3.63, 3.8) is 0 Å². The molecular formula is C16H20N2O4S. The lowest BCUT2D eigenvalue weighted by Crippen LogP contribution is -2.50. The minimum absolute atomic E-state index is 0.00554. The van der Waals surface area contributed by atoms with Gasteiger partial charge in [-0.3, -0.25) is 0 Å². The van der Waals surface area contributed by atoms with Crippen molar-refractivity contribution < 1.29 is 17.9 Å². The van der Waals surface area contributed by atoms with Crippen LogP contribution < -0.4 is 4.72 Å². The number of hydrogen-bond acceptors (Lipinski definition) is 5. The zero-order valence-electron chi connectivity index (χ0n) is 12.8. The van der Waals surface area contributed by atoms with Gasteiger partial charge >= 0.3 is 0 Å². The molecule has 0 aromatic heterocycles. The second-order valence-corrected chi connectivity index (χ2v) is 7.70. The average Bonchev–Trinajstić information content (AvgIpc) is 3.38. The molecule has 3 rings (SSSR count). The molecule has 2 aliphatic rings. The van der Waals surface area contributed by atoms with Crippen LogP contribution in [0.3, 0.4) is 0 Å². The van der Waals surface area contributed by atoms with Crippen molar-refractivity contribution in [2.75, 3.05) is 19.8 Å². The van der Waals surface area contributed by atoms with Gasteiger partial charge in [0.2, 0.25) is 10.0 Å². The molecule has 6 nitrogen and oxygen atoms in total. The highest BCUT2D eigenvalue weighted by Crippen LogP contribution is 2.30. The Morgan fingerprint density at radius 3 is 2.83 bits per heavy atom. The molecule has 0 spiro atoms. The Morgan fingerprint density at radius 2 is 2.09 bits per heavy atom. The first-order valence-corrected chi connectivity index (χ1v) is 9.29. The highest BCUT2D eigenvalue weighted by molar-refractivity contribution is 7.89. The van der Waals surface area contributed by atoms with E-state index in [1.807, 2.05) is 6.07 Å². The van der Waals surface area contributed by atoms with Gasteiger partial charge in [0.05, 0.1) is 29.2 Å². The quantitative estimate of drug-likeness (QED) is 0.849. The summed E-state index contributed by atoms with van der Waals surface area (Å²) < 4.78 is 39.1. The summed E-state index contributed by atoms with van der Waals surface area (Å²) >= 11 is 0. The minimum atomic E-state index is -3.79. The van der Waals surface area contributed by atoms with Gasteiger partial charge in [0, 0.05) is 13.2 Å². The van der Waals surface area contributed by atoms with Crippen LogP contribution in [0.1, 0.15) is 24.8 Å². The highest BCUT2D eigenvalue weighted by Gasteiger charge is 2.33. The normalized spacial score (nSPS) is 25.0. The van der Waals surface area contributed by atoms with E-state index in [9.17, 15) is 8.42 Å². The van der Waals surface area contributed by atoms with E-state index in [4.69, 9.17) is 14.7 Å². The fourth-order valence-electron chi connectivity index (χ4n) is 2.63. The predicted octanol–water partition coefficient (Wildman–Crippen LogP) is 1.42. The molecule has 0 bridgehead atoms. The molecule has 0 unspecified atom stereocenters. The van der Waals surface area contributed by atoms with Gasteiger partial charge in [-0.2, -0.15) is 5.26 Å². The first kappa shape index (κ1) is 16.4. The molecule has 1 saturated heterocycles. The number of nitriles is 1. The lowest BCUT2D eigenvalue weighted by atomic mass is 10.1. The molecule has 1 aliphatic heterocycles. The maximum Gasteiger partial charge on any atom is 0.242 e. The molecule has 23 heavy (non-hydrogen) atoms. The van der Waals surface area contributed by atoms with E-state index in [-0.39, 0.29) is 23.2 Å². The largest absolute Gasteiger partial charge is 0.380 e. The third-order valence-corrected chi connectivity index (χ3v) is 5.69. The molecule has 124 valence electrons. The molecule has 1 heterocycles. The van der Waals surface area contributed by atoms with Crippen molar-refractivity contribution in [1.82, 2.24) is 4.72 Å². The molecule has 1 N–H and O–H groups in total. The summed E-state index contributed by atoms with van der Waals surface area (Å²) in [7, 11) is -3.79. The molecule has 1 aliphatic carbocycles. The van der Waals surface area contributed by atoms with E-state index in [1.165, 1.54) is 25.0 Å². The van der Waals surface area contributed by atoms with E-state index >= 15 is 0 Å². The van der Waals surface area contributed by atoms with Gasteiger partial charge in [0.15, 0.2) is 0 Å². The Labute approximate surface area is 136 Å². The zero-order chi connectivity index (χ0) is 16.3. The van der Waals surface area contributed by atoms with Crippen LogP contribution in [-0.4, -0.2) is 40.4 Å². The van der Waals surface area contributed by atoms with E-state index < -0.39 is 16.1 Å². The van der Waals surface area contributed by atoms with Crippen molar-refractivity contribution >= 4 is 10.0 Å². The lowest BCUT2D eigenvalue weighted by molar-refractivity contribution is -0.0533. The van der Waals surface area contributed by atoms with Gasteiger partial charge in [0.25, 0.3) is 0 Å². The van der Waals surface area contributed by atoms with Crippen molar-refractivity contribution in [1.29, 1.82) is 5.26 Å². The summed E-state index contributed by atoms with van der Waals surface area (Å²) in [6.07, 6.45) is 2.86. The monoisotopic (exact) mass is 336 g/mol. The highest BCUT2D eigenvalue weighted by atomic mass is 32.2. The maximum atomic E-state index is 12.6. The first-order chi connectivity index (χ1) is 11.1. The fourth-order valence-corrected chi connectivity index (χ4v) is 4.03. The Balaban J connectivity index is 1.73. The Hall–Kier alpha value is -1.46. The molecule has 0 radical (unpaired) electrons. The van der Waals surface area contributed by atoms with Crippen LogP contribution in [0.5, 0.6) is 0 Å². The van der Waals surface area contributed by atoms with Crippen LogP contribution in [0.2, 0.25) is 0 Å². The summed E-state index contributed by atoms with van der Waals surface area (Å²) in [5.41, 5.74) is 0.132. The van der Waals surface area contributed by atoms with Gasteiger partial charge in [-0.15, -0.1) is 0 Å². The SMILES string of the molecule is N#Cc1ccccc1S(=O)(=O)N[C@@H]1COCC[C@@H]1OCC1CC1. The Bertz CT molecular complexity index is 694. The number of rotatable bonds is 6. The fraction of sp³-hybridized carbons (Fsp3) is 0.562. The molecule has 2 fully saturated rings. The summed E-state index contributed by atoms with van der Waals surface area (Å²) in [5, 5.41) is 9.10.